The summed E-state index contributed by atoms with van der Waals surface area (Å²) in [5.74, 6) is 0.920. The zero-order valence-corrected chi connectivity index (χ0v) is 15.4. The van der Waals surface area contributed by atoms with Crippen molar-refractivity contribution in [2.24, 2.45) is 4.99 Å². The first-order chi connectivity index (χ1) is 11.1. The molecule has 23 heavy (non-hydrogen) atoms. The van der Waals surface area contributed by atoms with E-state index in [0.29, 0.717) is 0 Å². The van der Waals surface area contributed by atoms with E-state index >= 15 is 0 Å². The second kappa shape index (κ2) is 8.89. The van der Waals surface area contributed by atoms with E-state index in [4.69, 9.17) is 16.6 Å². The summed E-state index contributed by atoms with van der Waals surface area (Å²) in [6, 6.07) is 6.06. The number of nitrogens with zero attached hydrogens (tertiary/aromatic N) is 3. The predicted octanol–water partition coefficient (Wildman–Crippen LogP) is 3.74. The molecule has 2 aromatic rings. The molecule has 6 heteroatoms. The van der Waals surface area contributed by atoms with E-state index in [2.05, 4.69) is 41.2 Å². The maximum absolute atomic E-state index is 6.00. The van der Waals surface area contributed by atoms with Gasteiger partial charge < -0.3 is 10.2 Å². The molecule has 2 heterocycles. The van der Waals surface area contributed by atoms with Crippen molar-refractivity contribution in [3.05, 3.63) is 50.9 Å². The van der Waals surface area contributed by atoms with Gasteiger partial charge in [0.15, 0.2) is 5.96 Å². The molecule has 4 nitrogen and oxygen atoms in total. The molecule has 0 atom stereocenters. The Kier molecular flexibility index (Phi) is 6.86. The van der Waals surface area contributed by atoms with Crippen molar-refractivity contribution in [3.63, 3.8) is 0 Å². The molecule has 0 amide bonds. The van der Waals surface area contributed by atoms with E-state index in [1.165, 1.54) is 16.0 Å². The van der Waals surface area contributed by atoms with Crippen LogP contribution in [-0.2, 0) is 13.0 Å². The lowest BCUT2D eigenvalue weighted by atomic mass is 10.1. The topological polar surface area (TPSA) is 40.5 Å². The van der Waals surface area contributed by atoms with Crippen LogP contribution in [0.1, 0.15) is 22.9 Å². The number of aromatic nitrogens is 1. The quantitative estimate of drug-likeness (QED) is 0.637. The van der Waals surface area contributed by atoms with Crippen LogP contribution in [0, 0.1) is 6.92 Å². The van der Waals surface area contributed by atoms with Crippen LogP contribution in [0.5, 0.6) is 0 Å². The number of aryl methyl sites for hydroxylation is 1. The van der Waals surface area contributed by atoms with Gasteiger partial charge >= 0.3 is 0 Å². The molecule has 0 radical (unpaired) electrons. The first-order valence-corrected chi connectivity index (χ1v) is 8.92. The summed E-state index contributed by atoms with van der Waals surface area (Å²) in [4.78, 5) is 12.2. The second-order valence-corrected chi connectivity index (χ2v) is 7.15. The highest BCUT2D eigenvalue weighted by Gasteiger charge is 2.08. The molecule has 0 fully saturated rings. The van der Waals surface area contributed by atoms with Gasteiger partial charge in [-0.25, -0.2) is 0 Å². The van der Waals surface area contributed by atoms with Crippen LogP contribution in [0.2, 0.25) is 4.34 Å². The monoisotopic (exact) mass is 350 g/mol. The van der Waals surface area contributed by atoms with Gasteiger partial charge in [0.2, 0.25) is 0 Å². The highest BCUT2D eigenvalue weighted by atomic mass is 35.5. The van der Waals surface area contributed by atoms with Gasteiger partial charge in [-0.3, -0.25) is 9.98 Å². The molecule has 2 aromatic heterocycles. The van der Waals surface area contributed by atoms with Crippen molar-refractivity contribution < 1.29 is 0 Å². The fraction of sp³-hybridized carbons (Fsp3) is 0.412. The van der Waals surface area contributed by atoms with Gasteiger partial charge in [-0.15, -0.1) is 11.3 Å². The van der Waals surface area contributed by atoms with Crippen LogP contribution in [0.4, 0.5) is 0 Å². The molecule has 0 aliphatic carbocycles. The molecule has 2 rings (SSSR count). The molecular weight excluding hydrogens is 328 g/mol. The maximum Gasteiger partial charge on any atom is 0.193 e. The van der Waals surface area contributed by atoms with E-state index in [1.807, 2.05) is 25.5 Å². The van der Waals surface area contributed by atoms with Crippen molar-refractivity contribution >= 4 is 28.9 Å². The average molecular weight is 351 g/mol. The van der Waals surface area contributed by atoms with Crippen molar-refractivity contribution in [2.75, 3.05) is 20.1 Å². The summed E-state index contributed by atoms with van der Waals surface area (Å²) >= 11 is 7.61. The summed E-state index contributed by atoms with van der Waals surface area (Å²) < 4.78 is 0.823. The zero-order chi connectivity index (χ0) is 16.7. The van der Waals surface area contributed by atoms with Gasteiger partial charge in [0, 0.05) is 37.4 Å². The summed E-state index contributed by atoms with van der Waals surface area (Å²) in [7, 11) is 2.05. The number of aliphatic imine (C=N–C) groups is 1. The molecule has 0 aliphatic heterocycles. The largest absolute Gasteiger partial charge is 0.357 e. The lowest BCUT2D eigenvalue weighted by molar-refractivity contribution is 0.481. The smallest absolute Gasteiger partial charge is 0.193 e. The number of pyridine rings is 1. The lowest BCUT2D eigenvalue weighted by Crippen LogP contribution is -2.38. The Morgan fingerprint density at radius 2 is 2.22 bits per heavy atom. The molecular formula is C17H23ClN4S. The number of guanidine groups is 1. The fourth-order valence-electron chi connectivity index (χ4n) is 2.28. The molecule has 0 saturated carbocycles. The number of rotatable bonds is 6. The molecule has 0 aromatic carbocycles. The third-order valence-electron chi connectivity index (χ3n) is 3.50. The van der Waals surface area contributed by atoms with E-state index in [9.17, 15) is 0 Å². The highest BCUT2D eigenvalue weighted by Crippen LogP contribution is 2.22. The van der Waals surface area contributed by atoms with Crippen molar-refractivity contribution in [1.29, 1.82) is 0 Å². The van der Waals surface area contributed by atoms with Crippen LogP contribution >= 0.6 is 22.9 Å². The van der Waals surface area contributed by atoms with Gasteiger partial charge in [-0.1, -0.05) is 11.6 Å². The Morgan fingerprint density at radius 3 is 2.87 bits per heavy atom. The summed E-state index contributed by atoms with van der Waals surface area (Å²) in [6.45, 7) is 6.57. The minimum Gasteiger partial charge on any atom is -0.357 e. The van der Waals surface area contributed by atoms with E-state index in [-0.39, 0.29) is 0 Å². The Morgan fingerprint density at radius 1 is 1.39 bits per heavy atom. The molecule has 0 saturated heterocycles. The molecule has 0 spiro atoms. The summed E-state index contributed by atoms with van der Waals surface area (Å²) in [5, 5.41) is 3.35. The number of nitrogens with one attached hydrogen (secondary N) is 1. The summed E-state index contributed by atoms with van der Waals surface area (Å²) in [5.41, 5.74) is 2.52. The van der Waals surface area contributed by atoms with Crippen molar-refractivity contribution in [3.8, 4) is 0 Å². The molecule has 0 aliphatic rings. The van der Waals surface area contributed by atoms with E-state index in [0.717, 1.165) is 36.4 Å². The van der Waals surface area contributed by atoms with Crippen molar-refractivity contribution in [1.82, 2.24) is 15.2 Å². The molecule has 0 bridgehead atoms. The number of halogens is 1. The average Bonchev–Trinajstić information content (AvgIpc) is 2.93. The number of hydrogen-bond donors (Lipinski definition) is 1. The van der Waals surface area contributed by atoms with Gasteiger partial charge in [0.05, 0.1) is 10.9 Å². The standard InChI is InChI=1S/C17H23ClN4S/c1-4-20-17(22(3)12-15-5-6-16(18)23-15)21-10-8-14-7-9-19-11-13(14)2/h5-7,9,11H,4,8,10,12H2,1-3H3,(H,20,21). The van der Waals surface area contributed by atoms with Crippen LogP contribution in [-0.4, -0.2) is 36.0 Å². The third-order valence-corrected chi connectivity index (χ3v) is 4.71. The number of hydrogen-bond acceptors (Lipinski definition) is 3. The third kappa shape index (κ3) is 5.52. The van der Waals surface area contributed by atoms with Gasteiger partial charge in [0.25, 0.3) is 0 Å². The first kappa shape index (κ1) is 17.8. The van der Waals surface area contributed by atoms with E-state index in [1.54, 1.807) is 11.3 Å². The normalized spacial score (nSPS) is 11.6. The minimum absolute atomic E-state index is 0.753. The molecule has 0 unspecified atom stereocenters. The first-order valence-electron chi connectivity index (χ1n) is 7.73. The zero-order valence-electron chi connectivity index (χ0n) is 13.8. The van der Waals surface area contributed by atoms with Crippen molar-refractivity contribution in [2.45, 2.75) is 26.8 Å². The predicted molar refractivity (Wildman–Crippen MR) is 99.5 cm³/mol. The molecule has 124 valence electrons. The SMILES string of the molecule is CCNC(=NCCc1ccncc1C)N(C)Cc1ccc(Cl)s1. The van der Waals surface area contributed by atoms with E-state index < -0.39 is 0 Å². The highest BCUT2D eigenvalue weighted by molar-refractivity contribution is 7.16. The fourth-order valence-corrected chi connectivity index (χ4v) is 3.42. The molecule has 1 N–H and O–H groups in total. The van der Waals surface area contributed by atoms with Crippen LogP contribution in [0.15, 0.2) is 35.6 Å². The summed E-state index contributed by atoms with van der Waals surface area (Å²) in [6.07, 6.45) is 4.66. The maximum atomic E-state index is 6.00. The number of thiophene rings is 1. The van der Waals surface area contributed by atoms with Gasteiger partial charge in [-0.05, 0) is 49.6 Å². The second-order valence-electron chi connectivity index (χ2n) is 5.35. The lowest BCUT2D eigenvalue weighted by Gasteiger charge is -2.21. The Hall–Kier alpha value is -1.59. The Balaban J connectivity index is 1.97. The van der Waals surface area contributed by atoms with Crippen LogP contribution < -0.4 is 5.32 Å². The van der Waals surface area contributed by atoms with Crippen LogP contribution in [0.25, 0.3) is 0 Å². The van der Waals surface area contributed by atoms with Crippen LogP contribution in [0.3, 0.4) is 0 Å². The van der Waals surface area contributed by atoms with Gasteiger partial charge in [0.1, 0.15) is 0 Å². The van der Waals surface area contributed by atoms with Gasteiger partial charge in [-0.2, -0.15) is 0 Å². The Bertz CT molecular complexity index is 654. The minimum atomic E-state index is 0.753. The Labute approximate surface area is 147 Å².